The molecule has 1 aromatic heterocycles. The quantitative estimate of drug-likeness (QED) is 0.652. The SMILES string of the molecule is CC1(C)CCC(C)(C)c2cc(C=CCc3ccc(C#N)s3)ccc21. The maximum Gasteiger partial charge on any atom is 0.110 e. The predicted molar refractivity (Wildman–Crippen MR) is 104 cm³/mol. The normalized spacial score (nSPS) is 18.3. The molecule has 2 heteroatoms. The monoisotopic (exact) mass is 335 g/mol. The van der Waals surface area contributed by atoms with Crippen molar-refractivity contribution in [3.05, 3.63) is 62.9 Å². The van der Waals surface area contributed by atoms with Crippen LogP contribution in [0.1, 0.15) is 67.0 Å². The lowest BCUT2D eigenvalue weighted by molar-refractivity contribution is 0.332. The van der Waals surface area contributed by atoms with Crippen molar-refractivity contribution in [1.82, 2.24) is 0 Å². The summed E-state index contributed by atoms with van der Waals surface area (Å²) in [4.78, 5) is 2.03. The van der Waals surface area contributed by atoms with Crippen molar-refractivity contribution in [3.63, 3.8) is 0 Å². The lowest BCUT2D eigenvalue weighted by Gasteiger charge is -2.42. The molecular weight excluding hydrogens is 310 g/mol. The number of thiophene rings is 1. The summed E-state index contributed by atoms with van der Waals surface area (Å²) in [6, 6.07) is 13.1. The first-order valence-electron chi connectivity index (χ1n) is 8.62. The molecule has 0 radical (unpaired) electrons. The van der Waals surface area contributed by atoms with Crippen LogP contribution in [0.3, 0.4) is 0 Å². The van der Waals surface area contributed by atoms with Crippen molar-refractivity contribution in [2.45, 2.75) is 57.8 Å². The van der Waals surface area contributed by atoms with Gasteiger partial charge in [-0.25, -0.2) is 0 Å². The third kappa shape index (κ3) is 3.32. The number of nitriles is 1. The minimum atomic E-state index is 0.254. The van der Waals surface area contributed by atoms with E-state index in [9.17, 15) is 0 Å². The Morgan fingerprint density at radius 3 is 2.42 bits per heavy atom. The number of nitrogens with zero attached hydrogens (tertiary/aromatic N) is 1. The number of hydrogen-bond donors (Lipinski definition) is 0. The maximum atomic E-state index is 8.90. The van der Waals surface area contributed by atoms with Crippen LogP contribution in [0.4, 0.5) is 0 Å². The smallest absolute Gasteiger partial charge is 0.110 e. The van der Waals surface area contributed by atoms with E-state index in [1.54, 1.807) is 11.3 Å². The summed E-state index contributed by atoms with van der Waals surface area (Å²) in [6.45, 7) is 9.45. The summed E-state index contributed by atoms with van der Waals surface area (Å²) in [5, 5.41) is 8.90. The number of fused-ring (bicyclic) bond motifs is 1. The molecule has 1 heterocycles. The maximum absolute atomic E-state index is 8.90. The Balaban J connectivity index is 1.83. The average Bonchev–Trinajstić information content (AvgIpc) is 3.00. The van der Waals surface area contributed by atoms with E-state index in [4.69, 9.17) is 5.26 Å². The Bertz CT molecular complexity index is 815. The molecule has 1 aliphatic carbocycles. The van der Waals surface area contributed by atoms with E-state index in [0.717, 1.165) is 11.3 Å². The Labute approximate surface area is 149 Å². The average molecular weight is 336 g/mol. The van der Waals surface area contributed by atoms with Crippen LogP contribution in [0.5, 0.6) is 0 Å². The van der Waals surface area contributed by atoms with Crippen molar-refractivity contribution >= 4 is 17.4 Å². The zero-order valence-electron chi connectivity index (χ0n) is 15.0. The molecule has 0 aliphatic heterocycles. The van der Waals surface area contributed by atoms with Crippen molar-refractivity contribution in [2.75, 3.05) is 0 Å². The Morgan fingerprint density at radius 2 is 1.75 bits per heavy atom. The first-order chi connectivity index (χ1) is 11.3. The van der Waals surface area contributed by atoms with E-state index in [1.807, 2.05) is 12.1 Å². The van der Waals surface area contributed by atoms with Gasteiger partial charge in [0.1, 0.15) is 10.9 Å². The van der Waals surface area contributed by atoms with Gasteiger partial charge in [-0.2, -0.15) is 5.26 Å². The van der Waals surface area contributed by atoms with Crippen LogP contribution in [0.2, 0.25) is 0 Å². The molecule has 0 amide bonds. The molecule has 24 heavy (non-hydrogen) atoms. The fraction of sp³-hybridized carbons (Fsp3) is 0.409. The third-order valence-corrected chi connectivity index (χ3v) is 6.29. The first-order valence-corrected chi connectivity index (χ1v) is 9.44. The van der Waals surface area contributed by atoms with Crippen LogP contribution in [-0.2, 0) is 17.3 Å². The molecule has 0 N–H and O–H groups in total. The van der Waals surface area contributed by atoms with Gasteiger partial charge in [-0.15, -0.1) is 11.3 Å². The summed E-state index contributed by atoms with van der Waals surface area (Å²) < 4.78 is 0. The minimum absolute atomic E-state index is 0.254. The number of benzene rings is 1. The van der Waals surface area contributed by atoms with Gasteiger partial charge in [0.2, 0.25) is 0 Å². The highest BCUT2D eigenvalue weighted by Gasteiger charge is 2.36. The number of hydrogen-bond acceptors (Lipinski definition) is 2. The lowest BCUT2D eigenvalue weighted by Crippen LogP contribution is -2.33. The third-order valence-electron chi connectivity index (χ3n) is 5.28. The molecule has 124 valence electrons. The van der Waals surface area contributed by atoms with Crippen LogP contribution in [0, 0.1) is 11.3 Å². The zero-order valence-corrected chi connectivity index (χ0v) is 15.8. The van der Waals surface area contributed by atoms with E-state index in [0.29, 0.717) is 0 Å². The van der Waals surface area contributed by atoms with Crippen molar-refractivity contribution in [3.8, 4) is 6.07 Å². The van der Waals surface area contributed by atoms with Gasteiger partial charge >= 0.3 is 0 Å². The van der Waals surface area contributed by atoms with Crippen molar-refractivity contribution in [2.24, 2.45) is 0 Å². The molecule has 1 aromatic carbocycles. The van der Waals surface area contributed by atoms with Gasteiger partial charge in [0.25, 0.3) is 0 Å². The van der Waals surface area contributed by atoms with Crippen LogP contribution < -0.4 is 0 Å². The molecule has 0 unspecified atom stereocenters. The molecule has 0 atom stereocenters. The van der Waals surface area contributed by atoms with Gasteiger partial charge < -0.3 is 0 Å². The second kappa shape index (κ2) is 6.22. The van der Waals surface area contributed by atoms with Gasteiger partial charge in [-0.05, 0) is 52.5 Å². The second-order valence-corrected chi connectivity index (χ2v) is 9.23. The lowest BCUT2D eigenvalue weighted by atomic mass is 9.63. The first kappa shape index (κ1) is 17.0. The van der Waals surface area contributed by atoms with Gasteiger partial charge in [0, 0.05) is 11.3 Å². The standard InChI is InChI=1S/C22H25NS/c1-21(2)12-13-22(3,4)20-14-16(8-11-19(20)21)6-5-7-17-9-10-18(15-23)24-17/h5-6,8-11,14H,7,12-13H2,1-4H3. The van der Waals surface area contributed by atoms with E-state index in [-0.39, 0.29) is 10.8 Å². The summed E-state index contributed by atoms with van der Waals surface area (Å²) in [5.41, 5.74) is 4.82. The van der Waals surface area contributed by atoms with Gasteiger partial charge in [0.15, 0.2) is 0 Å². The van der Waals surface area contributed by atoms with E-state index in [1.165, 1.54) is 34.4 Å². The Kier molecular flexibility index (Phi) is 4.40. The van der Waals surface area contributed by atoms with Crippen LogP contribution in [-0.4, -0.2) is 0 Å². The number of rotatable bonds is 3. The summed E-state index contributed by atoms with van der Waals surface area (Å²) in [7, 11) is 0. The van der Waals surface area contributed by atoms with E-state index < -0.39 is 0 Å². The van der Waals surface area contributed by atoms with Gasteiger partial charge in [-0.3, -0.25) is 0 Å². The Morgan fingerprint density at radius 1 is 1.04 bits per heavy atom. The van der Waals surface area contributed by atoms with Crippen LogP contribution >= 0.6 is 11.3 Å². The molecule has 0 spiro atoms. The molecule has 0 bridgehead atoms. The molecular formula is C22H25NS. The van der Waals surface area contributed by atoms with Crippen LogP contribution in [0.25, 0.3) is 6.08 Å². The molecule has 0 fully saturated rings. The topological polar surface area (TPSA) is 23.8 Å². The van der Waals surface area contributed by atoms with E-state index >= 15 is 0 Å². The fourth-order valence-electron chi connectivity index (χ4n) is 3.57. The predicted octanol–water partition coefficient (Wildman–Crippen LogP) is 6.22. The highest BCUT2D eigenvalue weighted by Crippen LogP contribution is 2.45. The number of allylic oxidation sites excluding steroid dienone is 1. The molecule has 0 saturated heterocycles. The molecule has 3 rings (SSSR count). The highest BCUT2D eigenvalue weighted by atomic mass is 32.1. The molecule has 1 aliphatic rings. The Hall–Kier alpha value is -1.85. The van der Waals surface area contributed by atoms with Gasteiger partial charge in [-0.1, -0.05) is 58.0 Å². The van der Waals surface area contributed by atoms with Crippen molar-refractivity contribution < 1.29 is 0 Å². The summed E-state index contributed by atoms with van der Waals surface area (Å²) in [5.74, 6) is 0. The van der Waals surface area contributed by atoms with Gasteiger partial charge in [0.05, 0.1) is 0 Å². The summed E-state index contributed by atoms with van der Waals surface area (Å²) >= 11 is 1.58. The largest absolute Gasteiger partial charge is 0.192 e. The molecule has 1 nitrogen and oxygen atoms in total. The minimum Gasteiger partial charge on any atom is -0.192 e. The fourth-order valence-corrected chi connectivity index (χ4v) is 4.35. The van der Waals surface area contributed by atoms with Crippen molar-refractivity contribution in [1.29, 1.82) is 5.26 Å². The molecule has 0 saturated carbocycles. The highest BCUT2D eigenvalue weighted by molar-refractivity contribution is 7.12. The zero-order chi connectivity index (χ0) is 17.4. The second-order valence-electron chi connectivity index (χ2n) is 8.06. The van der Waals surface area contributed by atoms with Crippen LogP contribution in [0.15, 0.2) is 36.4 Å². The molecule has 2 aromatic rings. The van der Waals surface area contributed by atoms with E-state index in [2.05, 4.69) is 64.1 Å². The summed E-state index contributed by atoms with van der Waals surface area (Å²) in [6.07, 6.45) is 7.80.